The normalized spacial score (nSPS) is 17.7. The lowest BCUT2D eigenvalue weighted by Gasteiger charge is -2.12. The highest BCUT2D eigenvalue weighted by Gasteiger charge is 2.40. The van der Waals surface area contributed by atoms with E-state index in [0.717, 1.165) is 6.42 Å². The second-order valence-electron chi connectivity index (χ2n) is 6.48. The van der Waals surface area contributed by atoms with Gasteiger partial charge in [-0.15, -0.1) is 0 Å². The van der Waals surface area contributed by atoms with Gasteiger partial charge in [0.25, 0.3) is 11.8 Å². The number of amides is 2. The molecule has 0 heterocycles. The number of rotatable bonds is 6. The molecule has 2 aromatic rings. The summed E-state index contributed by atoms with van der Waals surface area (Å²) in [5.74, 6) is -1.01. The lowest BCUT2D eigenvalue weighted by atomic mass is 10.1. The van der Waals surface area contributed by atoms with Crippen LogP contribution in [0.5, 0.6) is 0 Å². The third kappa shape index (κ3) is 5.08. The molecule has 2 aromatic carbocycles. The van der Waals surface area contributed by atoms with Crippen LogP contribution in [0, 0.1) is 11.8 Å². The van der Waals surface area contributed by atoms with E-state index in [1.54, 1.807) is 48.5 Å². The Balaban J connectivity index is 1.60. The van der Waals surface area contributed by atoms with Gasteiger partial charge in [0.1, 0.15) is 0 Å². The van der Waals surface area contributed by atoms with Crippen molar-refractivity contribution < 1.29 is 19.1 Å². The number of esters is 1. The summed E-state index contributed by atoms with van der Waals surface area (Å²) in [5, 5.41) is 5.92. The highest BCUT2D eigenvalue weighted by Crippen LogP contribution is 2.38. The molecule has 0 spiro atoms. The number of para-hydroxylation sites is 1. The molecule has 0 aromatic heterocycles. The molecule has 2 amide bonds. The van der Waals surface area contributed by atoms with Gasteiger partial charge in [0.15, 0.2) is 6.61 Å². The minimum absolute atomic E-state index is 0.102. The van der Waals surface area contributed by atoms with E-state index in [0.29, 0.717) is 27.9 Å². The topological polar surface area (TPSA) is 84.5 Å². The first-order valence-electron chi connectivity index (χ1n) is 8.56. The van der Waals surface area contributed by atoms with Gasteiger partial charge < -0.3 is 15.4 Å². The lowest BCUT2D eigenvalue weighted by molar-refractivity contribution is -0.148. The van der Waals surface area contributed by atoms with Crippen LogP contribution in [-0.4, -0.2) is 24.4 Å². The van der Waals surface area contributed by atoms with Gasteiger partial charge in [-0.3, -0.25) is 14.4 Å². The van der Waals surface area contributed by atoms with Gasteiger partial charge in [0.2, 0.25) is 0 Å². The van der Waals surface area contributed by atoms with Gasteiger partial charge >= 0.3 is 5.97 Å². The zero-order valence-corrected chi connectivity index (χ0v) is 15.5. The van der Waals surface area contributed by atoms with Crippen molar-refractivity contribution in [3.8, 4) is 0 Å². The average Bonchev–Trinajstić information content (AvgIpc) is 3.39. The Labute approximate surface area is 161 Å². The Morgan fingerprint density at radius 2 is 1.74 bits per heavy atom. The maximum atomic E-state index is 12.5. The predicted octanol–water partition coefficient (Wildman–Crippen LogP) is 3.73. The van der Waals surface area contributed by atoms with Crippen molar-refractivity contribution in [2.45, 2.75) is 13.3 Å². The molecule has 0 radical (unpaired) electrons. The third-order valence-electron chi connectivity index (χ3n) is 4.31. The van der Waals surface area contributed by atoms with Gasteiger partial charge in [-0.05, 0) is 48.7 Å². The highest BCUT2D eigenvalue weighted by molar-refractivity contribution is 6.30. The van der Waals surface area contributed by atoms with E-state index in [4.69, 9.17) is 16.3 Å². The minimum atomic E-state index is -0.497. The maximum Gasteiger partial charge on any atom is 0.309 e. The number of halogens is 1. The van der Waals surface area contributed by atoms with Crippen molar-refractivity contribution in [1.29, 1.82) is 0 Å². The molecular weight excluding hydrogens is 368 g/mol. The molecule has 0 saturated heterocycles. The molecule has 3 rings (SSSR count). The largest absolute Gasteiger partial charge is 0.455 e. The van der Waals surface area contributed by atoms with Crippen molar-refractivity contribution in [3.63, 3.8) is 0 Å². The second kappa shape index (κ2) is 8.22. The van der Waals surface area contributed by atoms with Crippen LogP contribution in [0.2, 0.25) is 5.02 Å². The standard InChI is InChI=1S/C20H19ClN2O4/c1-12-10-16(12)20(26)27-11-18(24)23-17-5-3-2-4-15(17)19(25)22-14-8-6-13(21)7-9-14/h2-9,12,16H,10-11H2,1H3,(H,22,25)(H,23,24)/t12-,16+/m1/s1. The molecule has 2 atom stereocenters. The first kappa shape index (κ1) is 18.9. The SMILES string of the molecule is C[C@@H]1C[C@@H]1C(=O)OCC(=O)Nc1ccccc1C(=O)Nc1ccc(Cl)cc1. The molecule has 1 saturated carbocycles. The van der Waals surface area contributed by atoms with Gasteiger partial charge in [0, 0.05) is 10.7 Å². The number of hydrogen-bond acceptors (Lipinski definition) is 4. The molecule has 0 aliphatic heterocycles. The van der Waals surface area contributed by atoms with Gasteiger partial charge in [0.05, 0.1) is 17.2 Å². The fourth-order valence-electron chi connectivity index (χ4n) is 2.60. The Morgan fingerprint density at radius 1 is 1.07 bits per heavy atom. The number of carbonyl (C=O) groups is 3. The van der Waals surface area contributed by atoms with Gasteiger partial charge in [-0.1, -0.05) is 30.7 Å². The summed E-state index contributed by atoms with van der Waals surface area (Å²) in [6.45, 7) is 1.58. The fraction of sp³-hybridized carbons (Fsp3) is 0.250. The molecule has 27 heavy (non-hydrogen) atoms. The van der Waals surface area contributed by atoms with E-state index in [1.165, 1.54) is 0 Å². The van der Waals surface area contributed by atoms with Crippen molar-refractivity contribution in [3.05, 3.63) is 59.1 Å². The second-order valence-corrected chi connectivity index (χ2v) is 6.92. The number of carbonyl (C=O) groups excluding carboxylic acids is 3. The summed E-state index contributed by atoms with van der Waals surface area (Å²) in [6.07, 6.45) is 0.800. The quantitative estimate of drug-likeness (QED) is 0.741. The highest BCUT2D eigenvalue weighted by atomic mass is 35.5. The van der Waals surface area contributed by atoms with Crippen LogP contribution in [0.4, 0.5) is 11.4 Å². The Hall–Kier alpha value is -2.86. The molecule has 1 aliphatic rings. The molecule has 6 nitrogen and oxygen atoms in total. The van der Waals surface area contributed by atoms with Crippen molar-refractivity contribution in [1.82, 2.24) is 0 Å². The zero-order valence-electron chi connectivity index (χ0n) is 14.7. The molecule has 0 bridgehead atoms. The molecule has 2 N–H and O–H groups in total. The summed E-state index contributed by atoms with van der Waals surface area (Å²) in [5.41, 5.74) is 1.21. The van der Waals surface area contributed by atoms with E-state index in [2.05, 4.69) is 10.6 Å². The van der Waals surface area contributed by atoms with Gasteiger partial charge in [-0.2, -0.15) is 0 Å². The van der Waals surface area contributed by atoms with Crippen LogP contribution >= 0.6 is 11.6 Å². The first-order chi connectivity index (χ1) is 12.9. The Bertz CT molecular complexity index is 867. The van der Waals surface area contributed by atoms with Crippen LogP contribution in [0.15, 0.2) is 48.5 Å². The van der Waals surface area contributed by atoms with Crippen LogP contribution in [0.25, 0.3) is 0 Å². The van der Waals surface area contributed by atoms with E-state index in [9.17, 15) is 14.4 Å². The molecule has 7 heteroatoms. The Kier molecular flexibility index (Phi) is 5.76. The van der Waals surface area contributed by atoms with Crippen LogP contribution in [-0.2, 0) is 14.3 Å². The fourth-order valence-corrected chi connectivity index (χ4v) is 2.73. The summed E-state index contributed by atoms with van der Waals surface area (Å²) < 4.78 is 5.01. The van der Waals surface area contributed by atoms with Gasteiger partial charge in [-0.25, -0.2) is 0 Å². The maximum absolute atomic E-state index is 12.5. The van der Waals surface area contributed by atoms with Crippen LogP contribution < -0.4 is 10.6 Å². The van der Waals surface area contributed by atoms with E-state index in [-0.39, 0.29) is 24.4 Å². The average molecular weight is 387 g/mol. The van der Waals surface area contributed by atoms with E-state index in [1.807, 2.05) is 6.92 Å². The van der Waals surface area contributed by atoms with E-state index < -0.39 is 5.91 Å². The Morgan fingerprint density at radius 3 is 2.41 bits per heavy atom. The van der Waals surface area contributed by atoms with Crippen molar-refractivity contribution in [2.75, 3.05) is 17.2 Å². The summed E-state index contributed by atoms with van der Waals surface area (Å²) in [6, 6.07) is 13.3. The van der Waals surface area contributed by atoms with E-state index >= 15 is 0 Å². The third-order valence-corrected chi connectivity index (χ3v) is 4.56. The predicted molar refractivity (Wildman–Crippen MR) is 103 cm³/mol. The zero-order chi connectivity index (χ0) is 19.4. The number of hydrogen-bond donors (Lipinski definition) is 2. The number of nitrogens with one attached hydrogen (secondary N) is 2. The van der Waals surface area contributed by atoms with Crippen molar-refractivity contribution in [2.24, 2.45) is 11.8 Å². The summed E-state index contributed by atoms with van der Waals surface area (Å²) in [7, 11) is 0. The van der Waals surface area contributed by atoms with Crippen LogP contribution in [0.1, 0.15) is 23.7 Å². The summed E-state index contributed by atoms with van der Waals surface area (Å²) >= 11 is 5.83. The molecule has 1 aliphatic carbocycles. The molecule has 140 valence electrons. The lowest BCUT2D eigenvalue weighted by Crippen LogP contribution is -2.23. The van der Waals surface area contributed by atoms with Crippen LogP contribution in [0.3, 0.4) is 0 Å². The number of ether oxygens (including phenoxy) is 1. The molecule has 0 unspecified atom stereocenters. The number of benzene rings is 2. The summed E-state index contributed by atoms with van der Waals surface area (Å²) in [4.78, 5) is 36.3. The molecular formula is C20H19ClN2O4. The number of anilines is 2. The smallest absolute Gasteiger partial charge is 0.309 e. The monoisotopic (exact) mass is 386 g/mol. The minimum Gasteiger partial charge on any atom is -0.455 e. The molecule has 1 fully saturated rings. The van der Waals surface area contributed by atoms with Crippen molar-refractivity contribution >= 4 is 40.8 Å². The first-order valence-corrected chi connectivity index (χ1v) is 8.94.